The fourth-order valence-electron chi connectivity index (χ4n) is 1.66. The Labute approximate surface area is 119 Å². The lowest BCUT2D eigenvalue weighted by atomic mass is 10.1. The van der Waals surface area contributed by atoms with Crippen LogP contribution in [0.4, 0.5) is 0 Å². The second kappa shape index (κ2) is 5.98. The molecule has 0 aliphatic rings. The van der Waals surface area contributed by atoms with Crippen molar-refractivity contribution >= 4 is 38.9 Å². The van der Waals surface area contributed by atoms with Gasteiger partial charge in [-0.05, 0) is 37.5 Å². The molecule has 0 amide bonds. The van der Waals surface area contributed by atoms with E-state index in [0.717, 1.165) is 28.0 Å². The van der Waals surface area contributed by atoms with Crippen LogP contribution in [0, 0.1) is 6.92 Å². The van der Waals surface area contributed by atoms with Crippen molar-refractivity contribution in [1.82, 2.24) is 4.98 Å². The molecule has 0 atom stereocenters. The highest BCUT2D eigenvalue weighted by atomic mass is 79.9. The average Bonchev–Trinajstić information content (AvgIpc) is 2.75. The van der Waals surface area contributed by atoms with E-state index in [1.54, 1.807) is 11.3 Å². The molecule has 1 nitrogen and oxygen atoms in total. The molecule has 0 saturated heterocycles. The van der Waals surface area contributed by atoms with Crippen LogP contribution in [-0.2, 0) is 6.42 Å². The summed E-state index contributed by atoms with van der Waals surface area (Å²) in [7, 11) is 0. The van der Waals surface area contributed by atoms with Crippen LogP contribution in [0.1, 0.15) is 17.7 Å². The van der Waals surface area contributed by atoms with E-state index in [0.29, 0.717) is 5.88 Å². The van der Waals surface area contributed by atoms with Crippen molar-refractivity contribution in [2.45, 2.75) is 19.8 Å². The van der Waals surface area contributed by atoms with Gasteiger partial charge in [-0.3, -0.25) is 0 Å². The average molecular weight is 331 g/mol. The number of halogens is 2. The number of hydrogen-bond acceptors (Lipinski definition) is 2. The standard InChI is InChI=1S/C13H13BrClNS/c1-9-7-10(14)4-5-12(9)13-16-11(8-17-13)3-2-6-15/h4-5,7-8H,2-3,6H2,1H3. The molecule has 17 heavy (non-hydrogen) atoms. The molecule has 4 heteroatoms. The number of alkyl halides is 1. The molecule has 0 saturated carbocycles. The minimum absolute atomic E-state index is 0.699. The Hall–Kier alpha value is -0.380. The maximum absolute atomic E-state index is 5.69. The second-order valence-electron chi connectivity index (χ2n) is 3.90. The quantitative estimate of drug-likeness (QED) is 0.715. The van der Waals surface area contributed by atoms with Crippen molar-refractivity contribution in [2.75, 3.05) is 5.88 Å². The Morgan fingerprint density at radius 1 is 1.41 bits per heavy atom. The minimum Gasteiger partial charge on any atom is -0.241 e. The Bertz CT molecular complexity index is 510. The summed E-state index contributed by atoms with van der Waals surface area (Å²) in [6, 6.07) is 6.29. The summed E-state index contributed by atoms with van der Waals surface area (Å²) in [5.41, 5.74) is 3.61. The Kier molecular flexibility index (Phi) is 4.60. The molecule has 2 rings (SSSR count). The molecular formula is C13H13BrClNS. The highest BCUT2D eigenvalue weighted by molar-refractivity contribution is 9.10. The summed E-state index contributed by atoms with van der Waals surface area (Å²) in [5, 5.41) is 3.23. The van der Waals surface area contributed by atoms with Gasteiger partial charge in [0, 0.05) is 21.3 Å². The molecule has 0 spiro atoms. The minimum atomic E-state index is 0.699. The smallest absolute Gasteiger partial charge is 0.123 e. The van der Waals surface area contributed by atoms with E-state index in [9.17, 15) is 0 Å². The molecule has 2 aromatic rings. The zero-order valence-corrected chi connectivity index (χ0v) is 12.7. The molecule has 0 aliphatic carbocycles. The van der Waals surface area contributed by atoms with Gasteiger partial charge in [0.15, 0.2) is 0 Å². The normalized spacial score (nSPS) is 10.8. The summed E-state index contributed by atoms with van der Waals surface area (Å²) >= 11 is 10.9. The van der Waals surface area contributed by atoms with Gasteiger partial charge < -0.3 is 0 Å². The molecule has 0 aliphatic heterocycles. The highest BCUT2D eigenvalue weighted by Crippen LogP contribution is 2.29. The third-order valence-electron chi connectivity index (χ3n) is 2.54. The third-order valence-corrected chi connectivity index (χ3v) is 4.22. The number of nitrogens with zero attached hydrogens (tertiary/aromatic N) is 1. The monoisotopic (exact) mass is 329 g/mol. The van der Waals surface area contributed by atoms with Gasteiger partial charge in [0.05, 0.1) is 5.69 Å². The molecule has 0 fully saturated rings. The number of hydrogen-bond donors (Lipinski definition) is 0. The van der Waals surface area contributed by atoms with E-state index in [1.807, 2.05) is 0 Å². The summed E-state index contributed by atoms with van der Waals surface area (Å²) < 4.78 is 1.11. The van der Waals surface area contributed by atoms with E-state index in [4.69, 9.17) is 11.6 Å². The molecule has 0 radical (unpaired) electrons. The second-order valence-corrected chi connectivity index (χ2v) is 6.05. The number of aromatic nitrogens is 1. The Balaban J connectivity index is 2.24. The number of benzene rings is 1. The van der Waals surface area contributed by atoms with Gasteiger partial charge >= 0.3 is 0 Å². The molecule has 1 aromatic heterocycles. The lowest BCUT2D eigenvalue weighted by Gasteiger charge is -2.02. The maximum atomic E-state index is 5.69. The van der Waals surface area contributed by atoms with Crippen LogP contribution in [-0.4, -0.2) is 10.9 Å². The molecule has 0 N–H and O–H groups in total. The lowest BCUT2D eigenvalue weighted by molar-refractivity contribution is 0.899. The van der Waals surface area contributed by atoms with Crippen molar-refractivity contribution in [3.05, 3.63) is 39.3 Å². The predicted molar refractivity (Wildman–Crippen MR) is 79.0 cm³/mol. The number of rotatable bonds is 4. The van der Waals surface area contributed by atoms with Crippen molar-refractivity contribution in [3.8, 4) is 10.6 Å². The lowest BCUT2D eigenvalue weighted by Crippen LogP contribution is -1.87. The number of thiazole rings is 1. The molecule has 90 valence electrons. The van der Waals surface area contributed by atoms with Crippen LogP contribution in [0.3, 0.4) is 0 Å². The van der Waals surface area contributed by atoms with Crippen LogP contribution in [0.5, 0.6) is 0 Å². The maximum Gasteiger partial charge on any atom is 0.123 e. The summed E-state index contributed by atoms with van der Waals surface area (Å²) in [4.78, 5) is 4.65. The van der Waals surface area contributed by atoms with Crippen LogP contribution >= 0.6 is 38.9 Å². The largest absolute Gasteiger partial charge is 0.241 e. The van der Waals surface area contributed by atoms with Crippen molar-refractivity contribution < 1.29 is 0 Å². The van der Waals surface area contributed by atoms with Gasteiger partial charge in [-0.2, -0.15) is 0 Å². The molecule has 0 bridgehead atoms. The first-order valence-corrected chi connectivity index (χ1v) is 7.68. The van der Waals surface area contributed by atoms with E-state index >= 15 is 0 Å². The molecule has 0 unspecified atom stereocenters. The highest BCUT2D eigenvalue weighted by Gasteiger charge is 2.07. The first kappa shape index (κ1) is 13.1. The van der Waals surface area contributed by atoms with Crippen LogP contribution in [0.25, 0.3) is 10.6 Å². The first-order valence-electron chi connectivity index (χ1n) is 5.47. The van der Waals surface area contributed by atoms with Gasteiger partial charge in [0.1, 0.15) is 5.01 Å². The van der Waals surface area contributed by atoms with E-state index in [1.165, 1.54) is 11.1 Å². The van der Waals surface area contributed by atoms with Crippen LogP contribution in [0.2, 0.25) is 0 Å². The van der Waals surface area contributed by atoms with Gasteiger partial charge in [-0.1, -0.05) is 22.0 Å². The first-order chi connectivity index (χ1) is 8.20. The van der Waals surface area contributed by atoms with Crippen LogP contribution in [0.15, 0.2) is 28.1 Å². The topological polar surface area (TPSA) is 12.9 Å². The van der Waals surface area contributed by atoms with Gasteiger partial charge in [-0.25, -0.2) is 4.98 Å². The zero-order valence-electron chi connectivity index (χ0n) is 9.54. The van der Waals surface area contributed by atoms with Crippen molar-refractivity contribution in [3.63, 3.8) is 0 Å². The fourth-order valence-corrected chi connectivity index (χ4v) is 3.21. The predicted octanol–water partition coefficient (Wildman–Crippen LogP) is 5.05. The van der Waals surface area contributed by atoms with Crippen molar-refractivity contribution in [1.29, 1.82) is 0 Å². The molecular weight excluding hydrogens is 318 g/mol. The van der Waals surface area contributed by atoms with E-state index < -0.39 is 0 Å². The van der Waals surface area contributed by atoms with E-state index in [-0.39, 0.29) is 0 Å². The summed E-state index contributed by atoms with van der Waals surface area (Å²) in [6.07, 6.45) is 1.96. The summed E-state index contributed by atoms with van der Waals surface area (Å²) in [5.74, 6) is 0.699. The Morgan fingerprint density at radius 3 is 2.94 bits per heavy atom. The summed E-state index contributed by atoms with van der Waals surface area (Å²) in [6.45, 7) is 2.11. The van der Waals surface area contributed by atoms with Gasteiger partial charge in [-0.15, -0.1) is 22.9 Å². The van der Waals surface area contributed by atoms with Crippen molar-refractivity contribution in [2.24, 2.45) is 0 Å². The zero-order chi connectivity index (χ0) is 12.3. The van der Waals surface area contributed by atoms with Crippen LogP contribution < -0.4 is 0 Å². The fraction of sp³-hybridized carbons (Fsp3) is 0.308. The van der Waals surface area contributed by atoms with E-state index in [2.05, 4.69) is 51.4 Å². The molecule has 1 heterocycles. The molecule has 1 aromatic carbocycles. The van der Waals surface area contributed by atoms with Gasteiger partial charge in [0.25, 0.3) is 0 Å². The SMILES string of the molecule is Cc1cc(Br)ccc1-c1nc(CCCCl)cs1. The van der Waals surface area contributed by atoms with Gasteiger partial charge in [0.2, 0.25) is 0 Å². The third kappa shape index (κ3) is 3.30. The Morgan fingerprint density at radius 2 is 2.24 bits per heavy atom. The number of aryl methyl sites for hydroxylation is 2.